The van der Waals surface area contributed by atoms with E-state index in [2.05, 4.69) is 17.2 Å². The molecule has 0 saturated heterocycles. The van der Waals surface area contributed by atoms with Crippen LogP contribution in [0.3, 0.4) is 0 Å². The van der Waals surface area contributed by atoms with Gasteiger partial charge in [-0.1, -0.05) is 13.3 Å². The second kappa shape index (κ2) is 7.61. The Balaban J connectivity index is 1.66. The number of fused-ring (bicyclic) bond motifs is 2. The van der Waals surface area contributed by atoms with Crippen molar-refractivity contribution < 1.29 is 14.7 Å². The maximum Gasteiger partial charge on any atom is 0.329 e. The average molecular weight is 397 g/mol. The summed E-state index contributed by atoms with van der Waals surface area (Å²) in [5, 5.41) is 13.0. The third-order valence-corrected chi connectivity index (χ3v) is 6.47. The number of carboxylic acid groups (broad SMARTS) is 1. The zero-order valence-corrected chi connectivity index (χ0v) is 16.7. The van der Waals surface area contributed by atoms with Crippen LogP contribution in [0.1, 0.15) is 68.1 Å². The number of hydrogen-bond acceptors (Lipinski definition) is 4. The Morgan fingerprint density at radius 3 is 2.69 bits per heavy atom. The Morgan fingerprint density at radius 2 is 1.97 bits per heavy atom. The summed E-state index contributed by atoms with van der Waals surface area (Å²) in [5.41, 5.74) is -0.457. The zero-order valence-electron chi connectivity index (χ0n) is 16.7. The second-order valence-corrected chi connectivity index (χ2v) is 8.55. The summed E-state index contributed by atoms with van der Waals surface area (Å²) in [5.74, 6) is -0.186. The average Bonchev–Trinajstić information content (AvgIpc) is 2.95. The van der Waals surface area contributed by atoms with E-state index in [1.165, 1.54) is 0 Å². The minimum Gasteiger partial charge on any atom is -0.480 e. The molecule has 1 aliphatic heterocycles. The largest absolute Gasteiger partial charge is 0.480 e. The summed E-state index contributed by atoms with van der Waals surface area (Å²) in [6, 6.07) is 4.83. The first kappa shape index (κ1) is 19.6. The molecule has 0 bridgehead atoms. The maximum atomic E-state index is 12.9. The molecule has 0 unspecified atom stereocenters. The van der Waals surface area contributed by atoms with E-state index in [0.717, 1.165) is 44.3 Å². The van der Waals surface area contributed by atoms with Gasteiger partial charge >= 0.3 is 5.97 Å². The van der Waals surface area contributed by atoms with Crippen LogP contribution < -0.4 is 10.9 Å². The van der Waals surface area contributed by atoms with Gasteiger partial charge in [0, 0.05) is 18.5 Å². The van der Waals surface area contributed by atoms with Crippen molar-refractivity contribution in [3.05, 3.63) is 39.9 Å². The van der Waals surface area contributed by atoms with E-state index in [0.29, 0.717) is 41.8 Å². The number of rotatable bonds is 3. The molecule has 7 heteroatoms. The Hall–Kier alpha value is -2.70. The van der Waals surface area contributed by atoms with Crippen molar-refractivity contribution in [2.75, 3.05) is 0 Å². The smallest absolute Gasteiger partial charge is 0.329 e. The van der Waals surface area contributed by atoms with Crippen LogP contribution in [0.4, 0.5) is 0 Å². The summed E-state index contributed by atoms with van der Waals surface area (Å²) in [6.07, 6.45) is 6.19. The van der Waals surface area contributed by atoms with Crippen LogP contribution in [0.5, 0.6) is 0 Å². The summed E-state index contributed by atoms with van der Waals surface area (Å²) < 4.78 is 1.75. The van der Waals surface area contributed by atoms with E-state index in [9.17, 15) is 19.5 Å². The first-order valence-corrected chi connectivity index (χ1v) is 10.5. The zero-order chi connectivity index (χ0) is 20.6. The van der Waals surface area contributed by atoms with Crippen LogP contribution >= 0.6 is 0 Å². The molecule has 2 heterocycles. The van der Waals surface area contributed by atoms with Crippen LogP contribution in [0.2, 0.25) is 0 Å². The predicted octanol–water partition coefficient (Wildman–Crippen LogP) is 2.89. The molecule has 1 aromatic heterocycles. The quantitative estimate of drug-likeness (QED) is 0.829. The highest BCUT2D eigenvalue weighted by Gasteiger charge is 2.42. The Labute approximate surface area is 169 Å². The molecule has 2 aromatic rings. The number of carbonyl (C=O) groups excluding carboxylic acids is 1. The van der Waals surface area contributed by atoms with Gasteiger partial charge < -0.3 is 10.4 Å². The van der Waals surface area contributed by atoms with Crippen molar-refractivity contribution in [2.45, 2.75) is 70.4 Å². The van der Waals surface area contributed by atoms with Crippen molar-refractivity contribution in [1.82, 2.24) is 14.9 Å². The van der Waals surface area contributed by atoms with Crippen LogP contribution in [-0.2, 0) is 17.8 Å². The Kier molecular flexibility index (Phi) is 5.15. The Morgan fingerprint density at radius 1 is 1.21 bits per heavy atom. The number of hydrogen-bond donors (Lipinski definition) is 2. The molecule has 29 heavy (non-hydrogen) atoms. The molecular weight excluding hydrogens is 370 g/mol. The van der Waals surface area contributed by atoms with E-state index in [1.807, 2.05) is 0 Å². The standard InChI is InChI=1S/C22H27N3O4/c1-14-8-10-22(11-9-14,21(28)29)24-19(26)15-6-7-16-17(13-15)23-18-5-3-2-4-12-25(18)20(16)27/h6-7,13-14H,2-5,8-12H2,1H3,(H,24,26)(H,28,29). The van der Waals surface area contributed by atoms with Gasteiger partial charge in [-0.25, -0.2) is 9.78 Å². The molecule has 154 valence electrons. The molecule has 2 aliphatic rings. The van der Waals surface area contributed by atoms with E-state index in [4.69, 9.17) is 0 Å². The molecule has 4 rings (SSSR count). The molecule has 0 radical (unpaired) electrons. The SMILES string of the molecule is CC1CCC(NC(=O)c2ccc3c(=O)n4c(nc3c2)CCCCC4)(C(=O)O)CC1. The highest BCUT2D eigenvalue weighted by molar-refractivity contribution is 6.00. The van der Waals surface area contributed by atoms with E-state index >= 15 is 0 Å². The fourth-order valence-corrected chi connectivity index (χ4v) is 4.50. The lowest BCUT2D eigenvalue weighted by Crippen LogP contribution is -2.56. The van der Waals surface area contributed by atoms with Crippen molar-refractivity contribution in [3.8, 4) is 0 Å². The normalized spacial score (nSPS) is 24.5. The second-order valence-electron chi connectivity index (χ2n) is 8.55. The summed E-state index contributed by atoms with van der Waals surface area (Å²) >= 11 is 0. The molecular formula is C22H27N3O4. The van der Waals surface area contributed by atoms with Gasteiger partial charge in [0.05, 0.1) is 10.9 Å². The molecule has 1 saturated carbocycles. The number of carboxylic acids is 1. The van der Waals surface area contributed by atoms with Gasteiger partial charge in [0.25, 0.3) is 11.5 Å². The monoisotopic (exact) mass is 397 g/mol. The first-order valence-electron chi connectivity index (χ1n) is 10.5. The fourth-order valence-electron chi connectivity index (χ4n) is 4.50. The van der Waals surface area contributed by atoms with Crippen LogP contribution in [-0.4, -0.2) is 32.1 Å². The lowest BCUT2D eigenvalue weighted by Gasteiger charge is -2.36. The number of aryl methyl sites for hydroxylation is 1. The summed E-state index contributed by atoms with van der Waals surface area (Å²) in [7, 11) is 0. The first-order chi connectivity index (χ1) is 13.9. The number of aromatic nitrogens is 2. The van der Waals surface area contributed by atoms with Gasteiger partial charge in [0.1, 0.15) is 11.4 Å². The van der Waals surface area contributed by atoms with E-state index in [-0.39, 0.29) is 5.56 Å². The van der Waals surface area contributed by atoms with Gasteiger partial charge in [-0.15, -0.1) is 0 Å². The number of benzene rings is 1. The van der Waals surface area contributed by atoms with Gasteiger partial charge in [-0.3, -0.25) is 14.2 Å². The molecule has 1 amide bonds. The van der Waals surface area contributed by atoms with E-state index < -0.39 is 17.4 Å². The van der Waals surface area contributed by atoms with Crippen molar-refractivity contribution >= 4 is 22.8 Å². The predicted molar refractivity (Wildman–Crippen MR) is 109 cm³/mol. The van der Waals surface area contributed by atoms with Gasteiger partial charge in [-0.05, 0) is 62.6 Å². The highest BCUT2D eigenvalue weighted by atomic mass is 16.4. The third-order valence-electron chi connectivity index (χ3n) is 6.47. The third kappa shape index (κ3) is 3.66. The highest BCUT2D eigenvalue weighted by Crippen LogP contribution is 2.32. The van der Waals surface area contributed by atoms with E-state index in [1.54, 1.807) is 22.8 Å². The number of amides is 1. The number of nitrogens with zero attached hydrogens (tertiary/aromatic N) is 2. The number of carbonyl (C=O) groups is 2. The minimum absolute atomic E-state index is 0.0675. The van der Waals surface area contributed by atoms with Crippen LogP contribution in [0.25, 0.3) is 10.9 Å². The van der Waals surface area contributed by atoms with Crippen molar-refractivity contribution in [1.29, 1.82) is 0 Å². The van der Waals surface area contributed by atoms with Gasteiger partial charge in [0.15, 0.2) is 0 Å². The lowest BCUT2D eigenvalue weighted by molar-refractivity contribution is -0.146. The lowest BCUT2D eigenvalue weighted by atomic mass is 9.77. The molecule has 7 nitrogen and oxygen atoms in total. The molecule has 0 spiro atoms. The summed E-state index contributed by atoms with van der Waals surface area (Å²) in [4.78, 5) is 42.3. The van der Waals surface area contributed by atoms with Crippen molar-refractivity contribution in [3.63, 3.8) is 0 Å². The molecule has 1 aromatic carbocycles. The van der Waals surface area contributed by atoms with Gasteiger partial charge in [-0.2, -0.15) is 0 Å². The number of nitrogens with one attached hydrogen (secondary N) is 1. The maximum absolute atomic E-state index is 12.9. The molecule has 1 aliphatic carbocycles. The van der Waals surface area contributed by atoms with Crippen LogP contribution in [0, 0.1) is 5.92 Å². The summed E-state index contributed by atoms with van der Waals surface area (Å²) in [6.45, 7) is 2.78. The van der Waals surface area contributed by atoms with Gasteiger partial charge in [0.2, 0.25) is 0 Å². The molecule has 0 atom stereocenters. The minimum atomic E-state index is -1.22. The number of aliphatic carboxylic acids is 1. The fraction of sp³-hybridized carbons (Fsp3) is 0.545. The van der Waals surface area contributed by atoms with Crippen molar-refractivity contribution in [2.24, 2.45) is 5.92 Å². The topological polar surface area (TPSA) is 101 Å². The molecule has 2 N–H and O–H groups in total. The van der Waals surface area contributed by atoms with Crippen LogP contribution in [0.15, 0.2) is 23.0 Å². The molecule has 1 fully saturated rings. The Bertz CT molecular complexity index is 1020.